The van der Waals surface area contributed by atoms with Gasteiger partial charge < -0.3 is 4.57 Å². The van der Waals surface area contributed by atoms with Crippen LogP contribution < -0.4 is 0 Å². The first kappa shape index (κ1) is 12.9. The molecule has 3 rings (SSSR count). The predicted octanol–water partition coefficient (Wildman–Crippen LogP) is 3.86. The Kier molecular flexibility index (Phi) is 3.28. The minimum atomic E-state index is 0.617. The van der Waals surface area contributed by atoms with Crippen LogP contribution in [-0.4, -0.2) is 15.8 Å². The molecule has 0 unspecified atom stereocenters. The molecular weight excluding hydrogens is 272 g/mol. The van der Waals surface area contributed by atoms with Gasteiger partial charge in [0.05, 0.1) is 17.8 Å². The van der Waals surface area contributed by atoms with Crippen molar-refractivity contribution in [3.63, 3.8) is 0 Å². The van der Waals surface area contributed by atoms with Crippen LogP contribution in [0.4, 0.5) is 0 Å². The van der Waals surface area contributed by atoms with E-state index in [0.29, 0.717) is 17.1 Å². The second-order valence-electron chi connectivity index (χ2n) is 4.76. The van der Waals surface area contributed by atoms with E-state index in [-0.39, 0.29) is 0 Å². The largest absolute Gasteiger partial charge is 0.341 e. The number of carbonyl (C=O) groups is 1. The highest BCUT2D eigenvalue weighted by Gasteiger charge is 2.09. The second kappa shape index (κ2) is 5.10. The minimum Gasteiger partial charge on any atom is -0.341 e. The normalized spacial score (nSPS) is 10.9. The number of halogens is 1. The highest BCUT2D eigenvalue weighted by Crippen LogP contribution is 2.24. The van der Waals surface area contributed by atoms with Crippen LogP contribution in [-0.2, 0) is 6.54 Å². The number of nitrogens with zero attached hydrogens (tertiary/aromatic N) is 2. The van der Waals surface area contributed by atoms with E-state index >= 15 is 0 Å². The van der Waals surface area contributed by atoms with Crippen molar-refractivity contribution in [2.45, 2.75) is 13.5 Å². The fourth-order valence-electron chi connectivity index (χ4n) is 2.38. The van der Waals surface area contributed by atoms with Crippen molar-refractivity contribution < 1.29 is 4.79 Å². The molecule has 0 radical (unpaired) electrons. The van der Waals surface area contributed by atoms with E-state index in [1.54, 1.807) is 6.07 Å². The van der Waals surface area contributed by atoms with Crippen LogP contribution >= 0.6 is 11.6 Å². The van der Waals surface area contributed by atoms with Crippen LogP contribution in [0.5, 0.6) is 0 Å². The first-order valence-corrected chi connectivity index (χ1v) is 6.71. The SMILES string of the molecule is Cc1cccc(Cn2cc(C=O)c3ccc(Cl)cc32)n1. The average molecular weight is 285 g/mol. The lowest BCUT2D eigenvalue weighted by Gasteiger charge is -2.06. The van der Waals surface area contributed by atoms with Gasteiger partial charge in [0, 0.05) is 27.9 Å². The van der Waals surface area contributed by atoms with Crippen molar-refractivity contribution >= 4 is 28.8 Å². The Morgan fingerprint density at radius 2 is 2.15 bits per heavy atom. The number of hydrogen-bond acceptors (Lipinski definition) is 2. The Morgan fingerprint density at radius 1 is 1.30 bits per heavy atom. The molecule has 0 spiro atoms. The number of aryl methyl sites for hydroxylation is 1. The molecule has 0 bridgehead atoms. The van der Waals surface area contributed by atoms with E-state index in [4.69, 9.17) is 11.6 Å². The van der Waals surface area contributed by atoms with E-state index in [2.05, 4.69) is 4.98 Å². The number of rotatable bonds is 3. The van der Waals surface area contributed by atoms with Crippen LogP contribution in [0, 0.1) is 6.92 Å². The molecule has 1 aromatic carbocycles. The molecule has 0 aliphatic rings. The molecule has 4 heteroatoms. The highest BCUT2D eigenvalue weighted by molar-refractivity contribution is 6.31. The number of carbonyl (C=O) groups excluding carboxylic acids is 1. The lowest BCUT2D eigenvalue weighted by molar-refractivity contribution is 0.112. The summed E-state index contributed by atoms with van der Waals surface area (Å²) in [7, 11) is 0. The molecule has 0 saturated carbocycles. The van der Waals surface area contributed by atoms with Gasteiger partial charge in [-0.3, -0.25) is 9.78 Å². The zero-order valence-electron chi connectivity index (χ0n) is 11.0. The van der Waals surface area contributed by atoms with Crippen LogP contribution in [0.2, 0.25) is 5.02 Å². The molecule has 3 aromatic rings. The molecule has 0 fully saturated rings. The average Bonchev–Trinajstić information content (AvgIpc) is 2.76. The maximum atomic E-state index is 11.2. The van der Waals surface area contributed by atoms with Gasteiger partial charge in [0.1, 0.15) is 0 Å². The molecule has 0 amide bonds. The smallest absolute Gasteiger partial charge is 0.152 e. The molecular formula is C16H13ClN2O. The van der Waals surface area contributed by atoms with E-state index in [1.807, 2.05) is 48.0 Å². The van der Waals surface area contributed by atoms with Crippen molar-refractivity contribution in [2.75, 3.05) is 0 Å². The summed E-state index contributed by atoms with van der Waals surface area (Å²) in [5.74, 6) is 0. The maximum Gasteiger partial charge on any atom is 0.152 e. The monoisotopic (exact) mass is 284 g/mol. The van der Waals surface area contributed by atoms with Gasteiger partial charge in [0.2, 0.25) is 0 Å². The summed E-state index contributed by atoms with van der Waals surface area (Å²) in [6.07, 6.45) is 2.72. The van der Waals surface area contributed by atoms with E-state index in [9.17, 15) is 4.79 Å². The lowest BCUT2D eigenvalue weighted by Crippen LogP contribution is -2.01. The van der Waals surface area contributed by atoms with Crippen LogP contribution in [0.3, 0.4) is 0 Å². The lowest BCUT2D eigenvalue weighted by atomic mass is 10.2. The molecule has 3 nitrogen and oxygen atoms in total. The quantitative estimate of drug-likeness (QED) is 0.685. The molecule has 0 atom stereocenters. The van der Waals surface area contributed by atoms with Crippen LogP contribution in [0.25, 0.3) is 10.9 Å². The highest BCUT2D eigenvalue weighted by atomic mass is 35.5. The van der Waals surface area contributed by atoms with Gasteiger partial charge in [0.15, 0.2) is 6.29 Å². The van der Waals surface area contributed by atoms with Crippen LogP contribution in [0.15, 0.2) is 42.6 Å². The van der Waals surface area contributed by atoms with Crippen molar-refractivity contribution in [1.29, 1.82) is 0 Å². The van der Waals surface area contributed by atoms with Crippen molar-refractivity contribution in [1.82, 2.24) is 9.55 Å². The fourth-order valence-corrected chi connectivity index (χ4v) is 2.55. The van der Waals surface area contributed by atoms with Crippen molar-refractivity contribution in [3.8, 4) is 0 Å². The van der Waals surface area contributed by atoms with Gasteiger partial charge in [0.25, 0.3) is 0 Å². The summed E-state index contributed by atoms with van der Waals surface area (Å²) in [6.45, 7) is 2.58. The third-order valence-corrected chi connectivity index (χ3v) is 3.52. The summed E-state index contributed by atoms with van der Waals surface area (Å²) in [5, 5.41) is 1.57. The van der Waals surface area contributed by atoms with Gasteiger partial charge in [-0.1, -0.05) is 23.7 Å². The third kappa shape index (κ3) is 2.32. The Hall–Kier alpha value is -2.13. The van der Waals surface area contributed by atoms with E-state index < -0.39 is 0 Å². The summed E-state index contributed by atoms with van der Waals surface area (Å²) >= 11 is 6.05. The van der Waals surface area contributed by atoms with Crippen molar-refractivity contribution in [3.05, 3.63) is 64.6 Å². The number of hydrogen-bond donors (Lipinski definition) is 0. The van der Waals surface area contributed by atoms with Gasteiger partial charge in [-0.2, -0.15) is 0 Å². The molecule has 0 aliphatic heterocycles. The minimum absolute atomic E-state index is 0.617. The fraction of sp³-hybridized carbons (Fsp3) is 0.125. The van der Waals surface area contributed by atoms with E-state index in [1.165, 1.54) is 0 Å². The standard InChI is InChI=1S/C16H13ClN2O/c1-11-3-2-4-14(18-11)9-19-8-12(10-20)15-6-5-13(17)7-16(15)19/h2-8,10H,9H2,1H3. The topological polar surface area (TPSA) is 34.9 Å². The van der Waals surface area contributed by atoms with Gasteiger partial charge in [-0.15, -0.1) is 0 Å². The van der Waals surface area contributed by atoms with Crippen LogP contribution in [0.1, 0.15) is 21.7 Å². The van der Waals surface area contributed by atoms with Gasteiger partial charge >= 0.3 is 0 Å². The summed E-state index contributed by atoms with van der Waals surface area (Å²) in [5.41, 5.74) is 3.55. The van der Waals surface area contributed by atoms with Crippen molar-refractivity contribution in [2.24, 2.45) is 0 Å². The Labute approximate surface area is 121 Å². The Bertz CT molecular complexity index is 792. The predicted molar refractivity (Wildman–Crippen MR) is 80.4 cm³/mol. The summed E-state index contributed by atoms with van der Waals surface area (Å²) in [4.78, 5) is 15.7. The van der Waals surface area contributed by atoms with Gasteiger partial charge in [-0.05, 0) is 31.2 Å². The summed E-state index contributed by atoms with van der Waals surface area (Å²) in [6, 6.07) is 11.5. The van der Waals surface area contributed by atoms with E-state index in [0.717, 1.165) is 28.6 Å². The Balaban J connectivity index is 2.11. The molecule has 100 valence electrons. The Morgan fingerprint density at radius 3 is 2.90 bits per heavy atom. The molecule has 0 N–H and O–H groups in total. The number of benzene rings is 1. The molecule has 2 aromatic heterocycles. The number of aldehydes is 1. The third-order valence-electron chi connectivity index (χ3n) is 3.28. The maximum absolute atomic E-state index is 11.2. The number of aromatic nitrogens is 2. The number of fused-ring (bicyclic) bond motifs is 1. The summed E-state index contributed by atoms with van der Waals surface area (Å²) < 4.78 is 2.01. The molecule has 20 heavy (non-hydrogen) atoms. The van der Waals surface area contributed by atoms with Gasteiger partial charge in [-0.25, -0.2) is 0 Å². The first-order valence-electron chi connectivity index (χ1n) is 6.33. The number of pyridine rings is 1. The second-order valence-corrected chi connectivity index (χ2v) is 5.20. The molecule has 2 heterocycles. The molecule has 0 saturated heterocycles. The zero-order valence-corrected chi connectivity index (χ0v) is 11.8. The molecule has 0 aliphatic carbocycles. The zero-order chi connectivity index (χ0) is 14.1. The first-order chi connectivity index (χ1) is 9.67.